The number of rotatable bonds is 3. The first-order valence-corrected chi connectivity index (χ1v) is 3.63. The molecule has 0 fully saturated rings. The molecule has 0 saturated carbocycles. The van der Waals surface area contributed by atoms with E-state index in [2.05, 4.69) is 0 Å². The van der Waals surface area contributed by atoms with E-state index in [-0.39, 0.29) is 59.1 Å². The summed E-state index contributed by atoms with van der Waals surface area (Å²) < 4.78 is 29.1. The fraction of sp³-hybridized carbons (Fsp3) is 0.667. The maximum atomic E-state index is 9.69. The van der Waals surface area contributed by atoms with Crippen molar-refractivity contribution in [2.24, 2.45) is 0 Å². The van der Waals surface area contributed by atoms with E-state index in [1.165, 1.54) is 0 Å². The van der Waals surface area contributed by atoms with Crippen LogP contribution in [0.25, 0.3) is 0 Å². The molecule has 0 unspecified atom stereocenters. The topological polar surface area (TPSA) is 97.3 Å². The molecule has 0 aromatic rings. The van der Waals surface area contributed by atoms with E-state index >= 15 is 0 Å². The molecule has 0 bridgehead atoms. The number of carbonyl (C=O) groups is 1. The first kappa shape index (κ1) is 18.2. The van der Waals surface area contributed by atoms with Crippen molar-refractivity contribution >= 4 is 16.1 Å². The van der Waals surface area contributed by atoms with Gasteiger partial charge in [-0.3, -0.25) is 0 Å². The maximum absolute atomic E-state index is 9.69. The summed E-state index contributed by atoms with van der Waals surface area (Å²) >= 11 is 0. The molecular formula is C3H4Na2O5S. The monoisotopic (exact) mass is 198 g/mol. The largest absolute Gasteiger partial charge is 1.00 e. The summed E-state index contributed by atoms with van der Waals surface area (Å²) in [5.74, 6) is -2.43. The molecule has 11 heavy (non-hydrogen) atoms. The van der Waals surface area contributed by atoms with E-state index in [9.17, 15) is 22.9 Å². The number of hydrogen-bond acceptors (Lipinski definition) is 5. The molecule has 0 amide bonds. The molecule has 0 heterocycles. The molecule has 0 N–H and O–H groups in total. The molecule has 0 atom stereocenters. The van der Waals surface area contributed by atoms with Crippen LogP contribution in [0.4, 0.5) is 0 Å². The second kappa shape index (κ2) is 8.00. The van der Waals surface area contributed by atoms with Crippen molar-refractivity contribution in [3.8, 4) is 0 Å². The van der Waals surface area contributed by atoms with Crippen LogP contribution >= 0.6 is 0 Å². The van der Waals surface area contributed by atoms with Crippen LogP contribution in [0, 0.1) is 0 Å². The van der Waals surface area contributed by atoms with Gasteiger partial charge in [-0.1, -0.05) is 0 Å². The van der Waals surface area contributed by atoms with Gasteiger partial charge in [0, 0.05) is 11.7 Å². The summed E-state index contributed by atoms with van der Waals surface area (Å²) in [5, 5.41) is 9.53. The van der Waals surface area contributed by atoms with Crippen LogP contribution in [-0.2, 0) is 14.9 Å². The Morgan fingerprint density at radius 2 is 1.64 bits per heavy atom. The summed E-state index contributed by atoms with van der Waals surface area (Å²) in [6, 6.07) is 0. The third kappa shape index (κ3) is 18.4. The quantitative estimate of drug-likeness (QED) is 0.331. The van der Waals surface area contributed by atoms with Crippen molar-refractivity contribution in [2.75, 3.05) is 5.75 Å². The van der Waals surface area contributed by atoms with Gasteiger partial charge >= 0.3 is 59.1 Å². The number of carboxylic acid groups (broad SMARTS) is 1. The molecule has 0 rings (SSSR count). The molecule has 0 aliphatic rings. The summed E-state index contributed by atoms with van der Waals surface area (Å²) in [5.41, 5.74) is 0. The molecule has 0 spiro atoms. The Hall–Kier alpha value is 1.38. The average molecular weight is 198 g/mol. The van der Waals surface area contributed by atoms with Gasteiger partial charge in [0.25, 0.3) is 0 Å². The number of hydrogen-bond donors (Lipinski definition) is 0. The van der Waals surface area contributed by atoms with Crippen molar-refractivity contribution in [3.63, 3.8) is 0 Å². The van der Waals surface area contributed by atoms with E-state index in [1.54, 1.807) is 0 Å². The first-order valence-electron chi connectivity index (χ1n) is 2.05. The zero-order valence-electron chi connectivity index (χ0n) is 6.36. The Kier molecular flexibility index (Phi) is 13.3. The second-order valence-electron chi connectivity index (χ2n) is 1.38. The summed E-state index contributed by atoms with van der Waals surface area (Å²) in [6.45, 7) is 0. The van der Waals surface area contributed by atoms with Gasteiger partial charge in [0.1, 0.15) is 0 Å². The van der Waals surface area contributed by atoms with Gasteiger partial charge < -0.3 is 14.5 Å². The van der Waals surface area contributed by atoms with E-state index < -0.39 is 28.3 Å². The van der Waals surface area contributed by atoms with Crippen LogP contribution in [0.3, 0.4) is 0 Å². The van der Waals surface area contributed by atoms with Crippen LogP contribution in [0.2, 0.25) is 0 Å². The molecule has 54 valence electrons. The number of carboxylic acids is 1. The van der Waals surface area contributed by atoms with Gasteiger partial charge in [0.15, 0.2) is 0 Å². The molecule has 0 saturated heterocycles. The summed E-state index contributed by atoms with van der Waals surface area (Å²) in [7, 11) is -4.39. The van der Waals surface area contributed by atoms with Crippen LogP contribution in [-0.4, -0.2) is 24.7 Å². The van der Waals surface area contributed by atoms with Crippen LogP contribution < -0.4 is 64.2 Å². The fourth-order valence-electron chi connectivity index (χ4n) is 0.208. The molecule has 8 heteroatoms. The van der Waals surface area contributed by atoms with Crippen molar-refractivity contribution in [3.05, 3.63) is 0 Å². The van der Waals surface area contributed by atoms with E-state index in [0.717, 1.165) is 0 Å². The van der Waals surface area contributed by atoms with Crippen LogP contribution in [0.15, 0.2) is 0 Å². The van der Waals surface area contributed by atoms with E-state index in [1.807, 2.05) is 0 Å². The predicted molar refractivity (Wildman–Crippen MR) is 24.2 cm³/mol. The van der Waals surface area contributed by atoms with Crippen molar-refractivity contribution in [1.82, 2.24) is 0 Å². The normalized spacial score (nSPS) is 9.18. The zero-order valence-corrected chi connectivity index (χ0v) is 11.2. The van der Waals surface area contributed by atoms with Gasteiger partial charge in [0.05, 0.1) is 10.1 Å². The first-order chi connectivity index (χ1) is 3.92. The molecule has 0 aliphatic carbocycles. The zero-order chi connectivity index (χ0) is 7.49. The van der Waals surface area contributed by atoms with Gasteiger partial charge in [0.2, 0.25) is 0 Å². The molecule has 5 nitrogen and oxygen atoms in total. The molecule has 0 radical (unpaired) electrons. The van der Waals surface area contributed by atoms with E-state index in [4.69, 9.17) is 0 Å². The molecule has 0 aromatic carbocycles. The summed E-state index contributed by atoms with van der Waals surface area (Å²) in [4.78, 5) is 9.53. The third-order valence-corrected chi connectivity index (χ3v) is 1.26. The molecular weight excluding hydrogens is 194 g/mol. The summed E-state index contributed by atoms with van der Waals surface area (Å²) in [6.07, 6.45) is -0.730. The minimum Gasteiger partial charge on any atom is -0.748 e. The maximum Gasteiger partial charge on any atom is 1.00 e. The smallest absolute Gasteiger partial charge is 0.748 e. The minimum atomic E-state index is -4.39. The van der Waals surface area contributed by atoms with Gasteiger partial charge in [-0.05, 0) is 6.42 Å². The number of aliphatic carboxylic acids is 1. The Morgan fingerprint density at radius 1 is 1.27 bits per heavy atom. The van der Waals surface area contributed by atoms with Gasteiger partial charge in [-0.25, -0.2) is 8.42 Å². The van der Waals surface area contributed by atoms with Crippen molar-refractivity contribution in [2.45, 2.75) is 6.42 Å². The van der Waals surface area contributed by atoms with Crippen molar-refractivity contribution in [1.29, 1.82) is 0 Å². The fourth-order valence-corrected chi connectivity index (χ4v) is 0.625. The van der Waals surface area contributed by atoms with Gasteiger partial charge in [-0.2, -0.15) is 0 Å². The third-order valence-electron chi connectivity index (χ3n) is 0.556. The Morgan fingerprint density at radius 3 is 1.73 bits per heavy atom. The number of carbonyl (C=O) groups excluding carboxylic acids is 1. The Bertz CT molecular complexity index is 198. The minimum absolute atomic E-state index is 0. The molecule has 0 aromatic heterocycles. The second-order valence-corrected chi connectivity index (χ2v) is 2.91. The van der Waals surface area contributed by atoms with Crippen LogP contribution in [0.5, 0.6) is 0 Å². The SMILES string of the molecule is O=C([O-])CCS(=O)(=O)[O-].[Na+].[Na+]. The van der Waals surface area contributed by atoms with E-state index in [0.29, 0.717) is 0 Å². The average Bonchev–Trinajstić information content (AvgIpc) is 1.59. The standard InChI is InChI=1S/C3H6O5S.2Na/c4-3(5)1-2-9(6,7)8;;/h1-2H2,(H,4,5)(H,6,7,8);;/q;2*+1/p-2. The van der Waals surface area contributed by atoms with Crippen LogP contribution in [0.1, 0.15) is 6.42 Å². The van der Waals surface area contributed by atoms with Crippen molar-refractivity contribution < 1.29 is 82.0 Å². The van der Waals surface area contributed by atoms with Gasteiger partial charge in [-0.15, -0.1) is 0 Å². The Labute approximate surface area is 109 Å². The Balaban J connectivity index is -0.000000320. The molecule has 0 aliphatic heterocycles. The predicted octanol–water partition coefficient (Wildman–Crippen LogP) is -8.32.